The Bertz CT molecular complexity index is 417. The van der Waals surface area contributed by atoms with E-state index in [9.17, 15) is 9.59 Å². The van der Waals surface area contributed by atoms with Crippen LogP contribution in [-0.2, 0) is 0 Å². The highest BCUT2D eigenvalue weighted by Gasteiger charge is 2.09. The van der Waals surface area contributed by atoms with Gasteiger partial charge >= 0.3 is 0 Å². The fourth-order valence-corrected chi connectivity index (χ4v) is 2.17. The third-order valence-corrected chi connectivity index (χ3v) is 3.22. The summed E-state index contributed by atoms with van der Waals surface area (Å²) >= 11 is 1.85. The summed E-state index contributed by atoms with van der Waals surface area (Å²) in [5.74, 6) is 1.90. The van der Waals surface area contributed by atoms with Gasteiger partial charge in [0.25, 0.3) is 5.91 Å². The molecule has 17 heavy (non-hydrogen) atoms. The Morgan fingerprint density at radius 2 is 2.29 bits per heavy atom. The second-order valence-corrected chi connectivity index (χ2v) is 5.18. The fraction of sp³-hybridized carbons (Fsp3) is 0.500. The Labute approximate surface area is 105 Å². The number of carbonyl (C=O) groups is 1. The highest BCUT2D eigenvalue weighted by molar-refractivity contribution is 7.99. The summed E-state index contributed by atoms with van der Waals surface area (Å²) in [5.41, 5.74) is 0.0549. The SMILES string of the molecule is CCSCCC(C)NC(=O)c1cccc(=O)[nH]1. The topological polar surface area (TPSA) is 62.0 Å². The Hall–Kier alpha value is -1.23. The normalized spacial score (nSPS) is 12.1. The van der Waals surface area contributed by atoms with Gasteiger partial charge in [-0.2, -0.15) is 11.8 Å². The molecule has 0 radical (unpaired) electrons. The molecule has 0 saturated carbocycles. The number of H-pyrrole nitrogens is 1. The zero-order valence-electron chi connectivity index (χ0n) is 10.2. The summed E-state index contributed by atoms with van der Waals surface area (Å²) in [4.78, 5) is 25.3. The molecule has 0 spiro atoms. The molecule has 5 heteroatoms. The van der Waals surface area contributed by atoms with Crippen LogP contribution in [-0.4, -0.2) is 28.4 Å². The van der Waals surface area contributed by atoms with Crippen LogP contribution < -0.4 is 10.9 Å². The van der Waals surface area contributed by atoms with Crippen LogP contribution in [0.5, 0.6) is 0 Å². The second-order valence-electron chi connectivity index (χ2n) is 3.79. The van der Waals surface area contributed by atoms with Crippen molar-refractivity contribution in [3.8, 4) is 0 Å². The smallest absolute Gasteiger partial charge is 0.268 e. The van der Waals surface area contributed by atoms with Gasteiger partial charge in [-0.15, -0.1) is 0 Å². The van der Waals surface area contributed by atoms with Crippen molar-refractivity contribution in [3.05, 3.63) is 34.2 Å². The van der Waals surface area contributed by atoms with Gasteiger partial charge in [0.15, 0.2) is 0 Å². The van der Waals surface area contributed by atoms with Gasteiger partial charge in [0.2, 0.25) is 5.56 Å². The molecule has 0 fully saturated rings. The molecular weight excluding hydrogens is 236 g/mol. The summed E-state index contributed by atoms with van der Waals surface area (Å²) in [7, 11) is 0. The lowest BCUT2D eigenvalue weighted by atomic mass is 10.2. The van der Waals surface area contributed by atoms with E-state index < -0.39 is 0 Å². The molecule has 94 valence electrons. The molecule has 4 nitrogen and oxygen atoms in total. The molecule has 0 aliphatic heterocycles. The highest BCUT2D eigenvalue weighted by atomic mass is 32.2. The highest BCUT2D eigenvalue weighted by Crippen LogP contribution is 2.04. The van der Waals surface area contributed by atoms with Gasteiger partial charge in [-0.1, -0.05) is 13.0 Å². The molecule has 1 rings (SSSR count). The summed E-state index contributed by atoms with van der Waals surface area (Å²) in [6.45, 7) is 4.08. The average Bonchev–Trinajstić information content (AvgIpc) is 2.29. The van der Waals surface area contributed by atoms with Crippen molar-refractivity contribution in [3.63, 3.8) is 0 Å². The third kappa shape index (κ3) is 5.08. The van der Waals surface area contributed by atoms with Crippen LogP contribution in [0.2, 0.25) is 0 Å². The summed E-state index contributed by atoms with van der Waals surface area (Å²) in [5, 5.41) is 2.86. The predicted molar refractivity (Wildman–Crippen MR) is 71.6 cm³/mol. The zero-order valence-corrected chi connectivity index (χ0v) is 11.0. The maximum absolute atomic E-state index is 11.8. The van der Waals surface area contributed by atoms with Crippen LogP contribution in [0.1, 0.15) is 30.8 Å². The minimum Gasteiger partial charge on any atom is -0.348 e. The van der Waals surface area contributed by atoms with Crippen LogP contribution in [0.4, 0.5) is 0 Å². The van der Waals surface area contributed by atoms with E-state index in [-0.39, 0.29) is 17.5 Å². The van der Waals surface area contributed by atoms with Crippen molar-refractivity contribution in [2.75, 3.05) is 11.5 Å². The first-order chi connectivity index (χ1) is 8.13. The van der Waals surface area contributed by atoms with Crippen molar-refractivity contribution in [2.45, 2.75) is 26.3 Å². The van der Waals surface area contributed by atoms with E-state index >= 15 is 0 Å². The molecule has 1 atom stereocenters. The second kappa shape index (κ2) is 7.17. The standard InChI is InChI=1S/C12H18N2O2S/c1-3-17-8-7-9(2)13-12(16)10-5-4-6-11(15)14-10/h4-6,9H,3,7-8H2,1-2H3,(H,13,16)(H,14,15). The molecule has 1 aromatic rings. The van der Waals surface area contributed by atoms with E-state index in [1.165, 1.54) is 6.07 Å². The summed E-state index contributed by atoms with van der Waals surface area (Å²) in [6.07, 6.45) is 0.932. The number of rotatable bonds is 6. The Morgan fingerprint density at radius 1 is 1.53 bits per heavy atom. The predicted octanol–water partition coefficient (Wildman–Crippen LogP) is 1.64. The number of aromatic nitrogens is 1. The van der Waals surface area contributed by atoms with Crippen molar-refractivity contribution in [2.24, 2.45) is 0 Å². The van der Waals surface area contributed by atoms with Gasteiger partial charge < -0.3 is 10.3 Å². The number of thioether (sulfide) groups is 1. The maximum atomic E-state index is 11.8. The van der Waals surface area contributed by atoms with Crippen LogP contribution in [0.15, 0.2) is 23.0 Å². The van der Waals surface area contributed by atoms with Gasteiger partial charge in [-0.25, -0.2) is 0 Å². The minimum absolute atomic E-state index is 0.116. The molecule has 1 heterocycles. The monoisotopic (exact) mass is 254 g/mol. The largest absolute Gasteiger partial charge is 0.348 e. The van der Waals surface area contributed by atoms with E-state index in [0.29, 0.717) is 5.69 Å². The van der Waals surface area contributed by atoms with Gasteiger partial charge in [-0.05, 0) is 30.9 Å². The molecule has 1 aromatic heterocycles. The van der Waals surface area contributed by atoms with Gasteiger partial charge in [0, 0.05) is 12.1 Å². The first kappa shape index (κ1) is 13.8. The molecular formula is C12H18N2O2S. The molecule has 1 amide bonds. The number of aromatic amines is 1. The van der Waals surface area contributed by atoms with E-state index in [0.717, 1.165) is 17.9 Å². The van der Waals surface area contributed by atoms with Crippen molar-refractivity contribution in [1.82, 2.24) is 10.3 Å². The lowest BCUT2D eigenvalue weighted by Crippen LogP contribution is -2.34. The van der Waals surface area contributed by atoms with Crippen LogP contribution in [0, 0.1) is 0 Å². The summed E-state index contributed by atoms with van der Waals surface area (Å²) in [6, 6.07) is 4.68. The lowest BCUT2D eigenvalue weighted by molar-refractivity contribution is 0.0934. The van der Waals surface area contributed by atoms with Crippen LogP contribution >= 0.6 is 11.8 Å². The van der Waals surface area contributed by atoms with Gasteiger partial charge in [0.05, 0.1) is 0 Å². The Morgan fingerprint density at radius 3 is 2.94 bits per heavy atom. The molecule has 0 aliphatic rings. The number of nitrogens with one attached hydrogen (secondary N) is 2. The third-order valence-electron chi connectivity index (χ3n) is 2.29. The van der Waals surface area contributed by atoms with Gasteiger partial charge in [-0.3, -0.25) is 9.59 Å². The molecule has 0 aliphatic carbocycles. The van der Waals surface area contributed by atoms with Crippen molar-refractivity contribution in [1.29, 1.82) is 0 Å². The number of hydrogen-bond acceptors (Lipinski definition) is 3. The first-order valence-electron chi connectivity index (χ1n) is 5.71. The molecule has 0 saturated heterocycles. The van der Waals surface area contributed by atoms with E-state index in [1.807, 2.05) is 18.7 Å². The van der Waals surface area contributed by atoms with Crippen molar-refractivity contribution >= 4 is 17.7 Å². The lowest BCUT2D eigenvalue weighted by Gasteiger charge is -2.13. The van der Waals surface area contributed by atoms with E-state index in [1.54, 1.807) is 12.1 Å². The molecule has 0 aromatic carbocycles. The fourth-order valence-electron chi connectivity index (χ4n) is 1.36. The van der Waals surface area contributed by atoms with Gasteiger partial charge in [0.1, 0.15) is 5.69 Å². The minimum atomic E-state index is -0.258. The van der Waals surface area contributed by atoms with E-state index in [4.69, 9.17) is 0 Å². The van der Waals surface area contributed by atoms with Crippen molar-refractivity contribution < 1.29 is 4.79 Å². The maximum Gasteiger partial charge on any atom is 0.268 e. The zero-order chi connectivity index (χ0) is 12.7. The van der Waals surface area contributed by atoms with Crippen LogP contribution in [0.25, 0.3) is 0 Å². The van der Waals surface area contributed by atoms with E-state index in [2.05, 4.69) is 17.2 Å². The molecule has 0 bridgehead atoms. The first-order valence-corrected chi connectivity index (χ1v) is 6.87. The number of pyridine rings is 1. The molecule has 2 N–H and O–H groups in total. The molecule has 1 unspecified atom stereocenters. The van der Waals surface area contributed by atoms with Crippen LogP contribution in [0.3, 0.4) is 0 Å². The number of amides is 1. The number of carbonyl (C=O) groups excluding carboxylic acids is 1. The average molecular weight is 254 g/mol. The Kier molecular flexibility index (Phi) is 5.83. The quantitative estimate of drug-likeness (QED) is 0.759. The number of hydrogen-bond donors (Lipinski definition) is 2. The Balaban J connectivity index is 2.46. The summed E-state index contributed by atoms with van der Waals surface area (Å²) < 4.78 is 0.